The highest BCUT2D eigenvalue weighted by Gasteiger charge is 2.38. The van der Waals surface area contributed by atoms with Gasteiger partial charge in [0.2, 0.25) is 0 Å². The average molecular weight is 268 g/mol. The Kier molecular flexibility index (Phi) is 2.91. The fraction of sp³-hybridized carbons (Fsp3) is 0.571. The van der Waals surface area contributed by atoms with Crippen molar-refractivity contribution in [3.63, 3.8) is 0 Å². The van der Waals surface area contributed by atoms with Gasteiger partial charge in [0.15, 0.2) is 11.5 Å². The lowest BCUT2D eigenvalue weighted by atomic mass is 9.85. The summed E-state index contributed by atoms with van der Waals surface area (Å²) in [6.07, 6.45) is 4.31. The van der Waals surface area contributed by atoms with Crippen LogP contribution < -0.4 is 15.2 Å². The van der Waals surface area contributed by atoms with Crippen molar-refractivity contribution < 1.29 is 9.47 Å². The third-order valence-corrected chi connectivity index (χ3v) is 4.42. The van der Waals surface area contributed by atoms with E-state index in [9.17, 15) is 0 Å². The number of fused-ring (bicyclic) bond motifs is 1. The summed E-state index contributed by atoms with van der Waals surface area (Å²) in [7, 11) is 0. The van der Waals surface area contributed by atoms with E-state index in [0.717, 1.165) is 48.3 Å². The third kappa shape index (κ3) is 1.77. The van der Waals surface area contributed by atoms with E-state index in [1.165, 1.54) is 0 Å². The SMILES string of the molecule is Cc1c(Cl)cc2c(c1C1(N)CCCC1)OCCO2. The maximum Gasteiger partial charge on any atom is 0.166 e. The number of ether oxygens (including phenoxy) is 2. The van der Waals surface area contributed by atoms with Gasteiger partial charge in [-0.3, -0.25) is 0 Å². The first-order valence-corrected chi connectivity index (χ1v) is 6.88. The molecule has 3 nitrogen and oxygen atoms in total. The summed E-state index contributed by atoms with van der Waals surface area (Å²) in [6.45, 7) is 3.17. The maximum absolute atomic E-state index is 6.58. The molecular formula is C14H18ClNO2. The predicted octanol–water partition coefficient (Wildman–Crippen LogP) is 3.15. The van der Waals surface area contributed by atoms with E-state index in [2.05, 4.69) is 0 Å². The molecule has 1 saturated carbocycles. The molecule has 0 saturated heterocycles. The van der Waals surface area contributed by atoms with Crippen molar-refractivity contribution in [1.82, 2.24) is 0 Å². The zero-order valence-electron chi connectivity index (χ0n) is 10.6. The van der Waals surface area contributed by atoms with Crippen molar-refractivity contribution in [2.75, 3.05) is 13.2 Å². The number of nitrogens with two attached hydrogens (primary N) is 1. The summed E-state index contributed by atoms with van der Waals surface area (Å²) in [4.78, 5) is 0. The highest BCUT2D eigenvalue weighted by atomic mass is 35.5. The Morgan fingerprint density at radius 3 is 2.61 bits per heavy atom. The molecule has 1 aliphatic heterocycles. The Morgan fingerprint density at radius 1 is 1.22 bits per heavy atom. The quantitative estimate of drug-likeness (QED) is 0.850. The minimum Gasteiger partial charge on any atom is -0.486 e. The van der Waals surface area contributed by atoms with Gasteiger partial charge in [0.1, 0.15) is 13.2 Å². The number of halogens is 1. The molecule has 98 valence electrons. The fourth-order valence-corrected chi connectivity index (χ4v) is 3.30. The first kappa shape index (κ1) is 12.1. The van der Waals surface area contributed by atoms with Crippen LogP contribution in [0, 0.1) is 6.92 Å². The van der Waals surface area contributed by atoms with Crippen LogP contribution in [-0.2, 0) is 5.54 Å². The summed E-state index contributed by atoms with van der Waals surface area (Å²) in [5.74, 6) is 1.55. The summed E-state index contributed by atoms with van der Waals surface area (Å²) in [5, 5.41) is 0.714. The monoisotopic (exact) mass is 267 g/mol. The van der Waals surface area contributed by atoms with Crippen LogP contribution >= 0.6 is 11.6 Å². The Labute approximate surface area is 112 Å². The van der Waals surface area contributed by atoms with E-state index in [0.29, 0.717) is 18.2 Å². The molecule has 4 heteroatoms. The predicted molar refractivity (Wildman–Crippen MR) is 71.5 cm³/mol. The molecule has 1 aliphatic carbocycles. The zero-order valence-corrected chi connectivity index (χ0v) is 11.3. The maximum atomic E-state index is 6.58. The molecule has 2 N–H and O–H groups in total. The van der Waals surface area contributed by atoms with Gasteiger partial charge in [-0.25, -0.2) is 0 Å². The Bertz CT molecular complexity index is 481. The molecule has 2 aliphatic rings. The van der Waals surface area contributed by atoms with E-state index < -0.39 is 0 Å². The van der Waals surface area contributed by atoms with Gasteiger partial charge in [0, 0.05) is 22.2 Å². The first-order chi connectivity index (χ1) is 8.62. The molecule has 1 fully saturated rings. The number of benzene rings is 1. The van der Waals surface area contributed by atoms with Gasteiger partial charge >= 0.3 is 0 Å². The first-order valence-electron chi connectivity index (χ1n) is 6.50. The van der Waals surface area contributed by atoms with Crippen LogP contribution in [0.25, 0.3) is 0 Å². The second-order valence-electron chi connectivity index (χ2n) is 5.25. The van der Waals surface area contributed by atoms with Gasteiger partial charge in [-0.1, -0.05) is 24.4 Å². The van der Waals surface area contributed by atoms with Crippen molar-refractivity contribution in [3.05, 3.63) is 22.2 Å². The van der Waals surface area contributed by atoms with Crippen LogP contribution in [0.3, 0.4) is 0 Å². The van der Waals surface area contributed by atoms with Crippen LogP contribution in [0.4, 0.5) is 0 Å². The van der Waals surface area contributed by atoms with Gasteiger partial charge in [0.25, 0.3) is 0 Å². The van der Waals surface area contributed by atoms with Crippen molar-refractivity contribution in [3.8, 4) is 11.5 Å². The van der Waals surface area contributed by atoms with Gasteiger partial charge in [0.05, 0.1) is 0 Å². The molecule has 0 atom stereocenters. The molecule has 3 rings (SSSR count). The molecular weight excluding hydrogens is 250 g/mol. The smallest absolute Gasteiger partial charge is 0.166 e. The van der Waals surface area contributed by atoms with E-state index in [4.69, 9.17) is 26.8 Å². The third-order valence-electron chi connectivity index (χ3n) is 4.02. The molecule has 0 aromatic heterocycles. The fourth-order valence-electron chi connectivity index (χ4n) is 3.10. The summed E-state index contributed by atoms with van der Waals surface area (Å²) in [5.41, 5.74) is 8.36. The number of hydrogen-bond donors (Lipinski definition) is 1. The molecule has 1 heterocycles. The van der Waals surface area contributed by atoms with Crippen LogP contribution in [-0.4, -0.2) is 13.2 Å². The van der Waals surface area contributed by atoms with E-state index in [1.807, 2.05) is 13.0 Å². The number of hydrogen-bond acceptors (Lipinski definition) is 3. The molecule has 1 aromatic rings. The standard InChI is InChI=1S/C14H18ClNO2/c1-9-10(15)8-11-13(18-7-6-17-11)12(9)14(16)4-2-3-5-14/h8H,2-7,16H2,1H3. The van der Waals surface area contributed by atoms with Gasteiger partial charge in [-0.2, -0.15) is 0 Å². The summed E-state index contributed by atoms with van der Waals surface area (Å²) in [6, 6.07) is 1.84. The zero-order chi connectivity index (χ0) is 12.8. The average Bonchev–Trinajstić information content (AvgIpc) is 2.78. The molecule has 18 heavy (non-hydrogen) atoms. The Hall–Kier alpha value is -0.930. The lowest BCUT2D eigenvalue weighted by Gasteiger charge is -2.32. The Morgan fingerprint density at radius 2 is 1.89 bits per heavy atom. The van der Waals surface area contributed by atoms with Gasteiger partial charge in [-0.15, -0.1) is 0 Å². The van der Waals surface area contributed by atoms with Gasteiger partial charge in [-0.05, 0) is 25.3 Å². The lowest BCUT2D eigenvalue weighted by molar-refractivity contribution is 0.166. The molecule has 1 aromatic carbocycles. The van der Waals surface area contributed by atoms with E-state index in [-0.39, 0.29) is 5.54 Å². The largest absolute Gasteiger partial charge is 0.486 e. The van der Waals surface area contributed by atoms with Crippen molar-refractivity contribution in [1.29, 1.82) is 0 Å². The van der Waals surface area contributed by atoms with E-state index >= 15 is 0 Å². The van der Waals surface area contributed by atoms with Gasteiger partial charge < -0.3 is 15.2 Å². The van der Waals surface area contributed by atoms with Crippen LogP contribution in [0.5, 0.6) is 11.5 Å². The highest BCUT2D eigenvalue weighted by molar-refractivity contribution is 6.31. The molecule has 0 radical (unpaired) electrons. The normalized spacial score (nSPS) is 21.1. The second kappa shape index (κ2) is 4.32. The number of rotatable bonds is 1. The second-order valence-corrected chi connectivity index (χ2v) is 5.65. The summed E-state index contributed by atoms with van der Waals surface area (Å²) >= 11 is 6.30. The molecule has 0 spiro atoms. The highest BCUT2D eigenvalue weighted by Crippen LogP contribution is 2.48. The molecule has 0 unspecified atom stereocenters. The minimum absolute atomic E-state index is 0.306. The minimum atomic E-state index is -0.306. The van der Waals surface area contributed by atoms with Crippen molar-refractivity contribution >= 4 is 11.6 Å². The topological polar surface area (TPSA) is 44.5 Å². The summed E-state index contributed by atoms with van der Waals surface area (Å²) < 4.78 is 11.4. The molecule has 0 bridgehead atoms. The van der Waals surface area contributed by atoms with Crippen LogP contribution in [0.15, 0.2) is 6.07 Å². The van der Waals surface area contributed by atoms with Crippen LogP contribution in [0.1, 0.15) is 36.8 Å². The molecule has 0 amide bonds. The van der Waals surface area contributed by atoms with Crippen molar-refractivity contribution in [2.45, 2.75) is 38.1 Å². The van der Waals surface area contributed by atoms with Crippen molar-refractivity contribution in [2.24, 2.45) is 5.73 Å². The van der Waals surface area contributed by atoms with Crippen LogP contribution in [0.2, 0.25) is 5.02 Å². The van der Waals surface area contributed by atoms with E-state index in [1.54, 1.807) is 0 Å². The lowest BCUT2D eigenvalue weighted by Crippen LogP contribution is -2.35. The Balaban J connectivity index is 2.20.